The van der Waals surface area contributed by atoms with Gasteiger partial charge >= 0.3 is 6.09 Å². The molecule has 3 amide bonds. The Hall–Kier alpha value is -2.52. The molecule has 1 aromatic carbocycles. The zero-order chi connectivity index (χ0) is 21.5. The number of thioether (sulfide) groups is 1. The molecule has 0 bridgehead atoms. The molecule has 2 aromatic rings. The van der Waals surface area contributed by atoms with Crippen molar-refractivity contribution in [2.24, 2.45) is 0 Å². The van der Waals surface area contributed by atoms with Gasteiger partial charge in [0.15, 0.2) is 0 Å². The number of fused-ring (bicyclic) bond motifs is 1. The summed E-state index contributed by atoms with van der Waals surface area (Å²) in [5.74, 6) is 0.696. The Bertz CT molecular complexity index is 924. The Balaban J connectivity index is 1.60. The van der Waals surface area contributed by atoms with Gasteiger partial charge in [-0.2, -0.15) is 0 Å². The maximum atomic E-state index is 12.6. The number of hydrogen-bond acceptors (Lipinski definition) is 7. The average Bonchev–Trinajstić information content (AvgIpc) is 3.29. The fourth-order valence-electron chi connectivity index (χ4n) is 3.18. The van der Waals surface area contributed by atoms with Gasteiger partial charge in [0.1, 0.15) is 10.8 Å². The van der Waals surface area contributed by atoms with Crippen LogP contribution in [-0.4, -0.2) is 37.4 Å². The normalized spacial score (nSPS) is 12.2. The van der Waals surface area contributed by atoms with E-state index in [1.54, 1.807) is 25.8 Å². The lowest BCUT2D eigenvalue weighted by Gasteiger charge is -2.09. The topological polar surface area (TPSA) is 93.7 Å². The van der Waals surface area contributed by atoms with Crippen LogP contribution in [0, 0.1) is 0 Å². The molecular weight excluding hydrogens is 424 g/mol. The average molecular weight is 449 g/mol. The number of carbonyl (C=O) groups is 3. The van der Waals surface area contributed by atoms with Crippen LogP contribution < -0.4 is 15.4 Å². The van der Waals surface area contributed by atoms with Gasteiger partial charge in [-0.25, -0.2) is 4.79 Å². The second-order valence-corrected chi connectivity index (χ2v) is 8.83. The first-order valence-corrected chi connectivity index (χ1v) is 11.5. The zero-order valence-corrected chi connectivity index (χ0v) is 18.5. The van der Waals surface area contributed by atoms with Crippen molar-refractivity contribution in [2.45, 2.75) is 37.5 Å². The number of aryl methyl sites for hydroxylation is 1. The van der Waals surface area contributed by atoms with Crippen molar-refractivity contribution < 1.29 is 23.9 Å². The van der Waals surface area contributed by atoms with Crippen LogP contribution in [0.5, 0.6) is 5.75 Å². The minimum Gasteiger partial charge on any atom is -0.497 e. The SMILES string of the molecule is CCOC(=O)NC(=O)c1c(NC(=O)CCSc2ccc(OC)cc2)sc2c1CCC2. The number of alkyl carbamates (subject to hydrolysis) is 1. The summed E-state index contributed by atoms with van der Waals surface area (Å²) in [5.41, 5.74) is 1.31. The largest absolute Gasteiger partial charge is 0.497 e. The molecule has 1 aromatic heterocycles. The molecule has 0 unspecified atom stereocenters. The van der Waals surface area contributed by atoms with Crippen LogP contribution in [0.1, 0.15) is 40.6 Å². The van der Waals surface area contributed by atoms with Gasteiger partial charge in [0, 0.05) is 21.9 Å². The second-order valence-electron chi connectivity index (χ2n) is 6.56. The van der Waals surface area contributed by atoms with E-state index < -0.39 is 12.0 Å². The number of nitrogens with one attached hydrogen (secondary N) is 2. The molecule has 3 rings (SSSR count). The molecule has 2 N–H and O–H groups in total. The summed E-state index contributed by atoms with van der Waals surface area (Å²) in [5, 5.41) is 5.61. The Morgan fingerprint density at radius 1 is 1.17 bits per heavy atom. The van der Waals surface area contributed by atoms with Crippen LogP contribution in [0.25, 0.3) is 0 Å². The van der Waals surface area contributed by atoms with Crippen molar-refractivity contribution in [1.29, 1.82) is 0 Å². The minimum atomic E-state index is -0.784. The number of anilines is 1. The molecule has 1 aliphatic rings. The van der Waals surface area contributed by atoms with E-state index >= 15 is 0 Å². The number of benzene rings is 1. The van der Waals surface area contributed by atoms with Crippen molar-refractivity contribution in [3.63, 3.8) is 0 Å². The van der Waals surface area contributed by atoms with Crippen LogP contribution in [0.15, 0.2) is 29.2 Å². The van der Waals surface area contributed by atoms with Crippen LogP contribution in [0.3, 0.4) is 0 Å². The molecule has 1 aliphatic carbocycles. The Labute approximate surface area is 183 Å². The van der Waals surface area contributed by atoms with Gasteiger partial charge in [-0.05, 0) is 56.0 Å². The Morgan fingerprint density at radius 3 is 2.63 bits per heavy atom. The maximum Gasteiger partial charge on any atom is 0.414 e. The van der Waals surface area contributed by atoms with Gasteiger partial charge < -0.3 is 14.8 Å². The summed E-state index contributed by atoms with van der Waals surface area (Å²) in [6.07, 6.45) is 2.13. The van der Waals surface area contributed by atoms with E-state index in [0.29, 0.717) is 22.7 Å². The third-order valence-electron chi connectivity index (χ3n) is 4.55. The van der Waals surface area contributed by atoms with Crippen molar-refractivity contribution in [3.05, 3.63) is 40.3 Å². The van der Waals surface area contributed by atoms with Gasteiger partial charge in [0.05, 0.1) is 19.3 Å². The predicted molar refractivity (Wildman–Crippen MR) is 118 cm³/mol. The standard InChI is InChI=1S/C21H24N2O5S2/c1-3-28-21(26)23-19(25)18-15-5-4-6-16(15)30-20(18)22-17(24)11-12-29-14-9-7-13(27-2)8-10-14/h7-10H,3-6,11-12H2,1-2H3,(H,22,24)(H,23,25,26). The number of carbonyl (C=O) groups excluding carboxylic acids is 3. The number of hydrogen-bond donors (Lipinski definition) is 2. The summed E-state index contributed by atoms with van der Waals surface area (Å²) in [6.45, 7) is 1.85. The molecule has 0 saturated heterocycles. The zero-order valence-electron chi connectivity index (χ0n) is 16.9. The van der Waals surface area contributed by atoms with E-state index in [1.165, 1.54) is 11.3 Å². The van der Waals surface area contributed by atoms with Crippen LogP contribution in [0.4, 0.5) is 9.80 Å². The molecule has 160 valence electrons. The number of methoxy groups -OCH3 is 1. The van der Waals surface area contributed by atoms with Crippen molar-refractivity contribution in [2.75, 3.05) is 24.8 Å². The van der Waals surface area contributed by atoms with Gasteiger partial charge in [-0.3, -0.25) is 14.9 Å². The van der Waals surface area contributed by atoms with E-state index in [2.05, 4.69) is 10.6 Å². The fourth-order valence-corrected chi connectivity index (χ4v) is 5.33. The molecule has 30 heavy (non-hydrogen) atoms. The molecule has 0 spiro atoms. The summed E-state index contributed by atoms with van der Waals surface area (Å²) in [4.78, 5) is 38.9. The van der Waals surface area contributed by atoms with Crippen molar-refractivity contribution in [1.82, 2.24) is 5.32 Å². The van der Waals surface area contributed by atoms with Gasteiger partial charge in [-0.15, -0.1) is 23.1 Å². The smallest absolute Gasteiger partial charge is 0.414 e. The van der Waals surface area contributed by atoms with E-state index in [4.69, 9.17) is 9.47 Å². The van der Waals surface area contributed by atoms with E-state index in [1.807, 2.05) is 24.3 Å². The highest BCUT2D eigenvalue weighted by molar-refractivity contribution is 7.99. The first-order valence-electron chi connectivity index (χ1n) is 9.71. The number of imide groups is 1. The summed E-state index contributed by atoms with van der Waals surface area (Å²) in [7, 11) is 1.62. The maximum absolute atomic E-state index is 12.6. The molecular formula is C21H24N2O5S2. The highest BCUT2D eigenvalue weighted by Gasteiger charge is 2.28. The van der Waals surface area contributed by atoms with Gasteiger partial charge in [0.25, 0.3) is 5.91 Å². The Morgan fingerprint density at radius 2 is 1.93 bits per heavy atom. The molecule has 0 saturated carbocycles. The third-order valence-corrected chi connectivity index (χ3v) is 6.77. The lowest BCUT2D eigenvalue weighted by atomic mass is 10.1. The van der Waals surface area contributed by atoms with E-state index in [-0.39, 0.29) is 12.5 Å². The molecule has 0 atom stereocenters. The van der Waals surface area contributed by atoms with Crippen molar-refractivity contribution >= 4 is 46.0 Å². The molecule has 9 heteroatoms. The van der Waals surface area contributed by atoms with Crippen LogP contribution in [-0.2, 0) is 22.4 Å². The molecule has 0 radical (unpaired) electrons. The van der Waals surface area contributed by atoms with Crippen LogP contribution >= 0.6 is 23.1 Å². The summed E-state index contributed by atoms with van der Waals surface area (Å²) >= 11 is 2.99. The Kier molecular flexibility index (Phi) is 7.75. The fraction of sp³-hybridized carbons (Fsp3) is 0.381. The third kappa shape index (κ3) is 5.54. The summed E-state index contributed by atoms with van der Waals surface area (Å²) in [6, 6.07) is 7.65. The minimum absolute atomic E-state index is 0.166. The predicted octanol–water partition coefficient (Wildman–Crippen LogP) is 4.25. The van der Waals surface area contributed by atoms with Gasteiger partial charge in [0.2, 0.25) is 5.91 Å². The van der Waals surface area contributed by atoms with Crippen molar-refractivity contribution in [3.8, 4) is 5.75 Å². The quantitative estimate of drug-likeness (QED) is 0.587. The molecule has 0 aliphatic heterocycles. The summed E-state index contributed by atoms with van der Waals surface area (Å²) < 4.78 is 9.93. The number of rotatable bonds is 8. The lowest BCUT2D eigenvalue weighted by molar-refractivity contribution is -0.115. The number of ether oxygens (including phenoxy) is 2. The molecule has 7 nitrogen and oxygen atoms in total. The highest BCUT2D eigenvalue weighted by Crippen LogP contribution is 2.39. The van der Waals surface area contributed by atoms with E-state index in [0.717, 1.165) is 40.3 Å². The van der Waals surface area contributed by atoms with Gasteiger partial charge in [-0.1, -0.05) is 0 Å². The molecule has 1 heterocycles. The molecule has 0 fully saturated rings. The first kappa shape index (κ1) is 22.2. The first-order chi connectivity index (χ1) is 14.5. The highest BCUT2D eigenvalue weighted by atomic mass is 32.2. The second kappa shape index (κ2) is 10.5. The monoisotopic (exact) mass is 448 g/mol. The lowest BCUT2D eigenvalue weighted by Crippen LogP contribution is -2.32. The number of thiophene rings is 1. The number of amides is 3. The van der Waals surface area contributed by atoms with E-state index in [9.17, 15) is 14.4 Å². The van der Waals surface area contributed by atoms with Crippen LogP contribution in [0.2, 0.25) is 0 Å².